The number of hydrogen-bond acceptors (Lipinski definition) is 6. The molecule has 0 aromatic carbocycles. The lowest BCUT2D eigenvalue weighted by Crippen LogP contribution is -2.43. The van der Waals surface area contributed by atoms with Gasteiger partial charge in [0, 0.05) is 12.1 Å². The minimum Gasteiger partial charge on any atom is -0.392 e. The molecule has 0 aliphatic carbocycles. The van der Waals surface area contributed by atoms with Crippen molar-refractivity contribution in [3.05, 3.63) is 22.7 Å². The van der Waals surface area contributed by atoms with Crippen LogP contribution in [0.25, 0.3) is 0 Å². The number of nitrogen functional groups attached to an aromatic ring is 1. The van der Waals surface area contributed by atoms with E-state index in [-0.39, 0.29) is 5.82 Å². The highest BCUT2D eigenvalue weighted by Crippen LogP contribution is 2.42. The summed E-state index contributed by atoms with van der Waals surface area (Å²) in [6.07, 6.45) is 5.47. The van der Waals surface area contributed by atoms with Crippen LogP contribution in [0.4, 0.5) is 5.82 Å². The number of nitrogens with two attached hydrogens (primary N) is 1. The van der Waals surface area contributed by atoms with Gasteiger partial charge in [0.25, 0.3) is 0 Å². The largest absolute Gasteiger partial charge is 0.392 e. The molecule has 0 amide bonds. The van der Waals surface area contributed by atoms with Crippen molar-refractivity contribution in [2.24, 2.45) is 5.92 Å². The molecule has 1 aromatic heterocycles. The maximum absolute atomic E-state index is 11.9. The van der Waals surface area contributed by atoms with Gasteiger partial charge >= 0.3 is 5.69 Å². The van der Waals surface area contributed by atoms with Crippen LogP contribution in [-0.4, -0.2) is 38.1 Å². The molecule has 0 radical (unpaired) electrons. The molecule has 0 bridgehead atoms. The zero-order valence-corrected chi connectivity index (χ0v) is 11.1. The Kier molecular flexibility index (Phi) is 3.81. The van der Waals surface area contributed by atoms with E-state index in [0.29, 0.717) is 6.42 Å². The van der Waals surface area contributed by atoms with Crippen molar-refractivity contribution in [2.75, 3.05) is 12.3 Å². The van der Waals surface area contributed by atoms with Crippen molar-refractivity contribution in [3.8, 4) is 12.3 Å². The number of hydrogen-bond donors (Lipinski definition) is 3. The van der Waals surface area contributed by atoms with Crippen molar-refractivity contribution in [1.82, 2.24) is 9.55 Å². The van der Waals surface area contributed by atoms with E-state index in [1.165, 1.54) is 16.8 Å². The molecule has 7 heteroatoms. The highest BCUT2D eigenvalue weighted by Gasteiger charge is 2.53. The molecule has 0 saturated carbocycles. The van der Waals surface area contributed by atoms with Crippen LogP contribution in [0.3, 0.4) is 0 Å². The molecule has 1 aliphatic heterocycles. The Bertz CT molecular complexity index is 594. The number of aliphatic hydroxyl groups is 2. The maximum atomic E-state index is 11.9. The van der Waals surface area contributed by atoms with Crippen molar-refractivity contribution >= 4 is 5.82 Å². The van der Waals surface area contributed by atoms with Crippen LogP contribution >= 0.6 is 0 Å². The molecule has 20 heavy (non-hydrogen) atoms. The second-order valence-corrected chi connectivity index (χ2v) is 4.76. The Morgan fingerprint density at radius 1 is 1.70 bits per heavy atom. The fraction of sp³-hybridized carbons (Fsp3) is 0.538. The molecular weight excluding hydrogens is 262 g/mol. The molecule has 1 aliphatic rings. The van der Waals surface area contributed by atoms with Gasteiger partial charge < -0.3 is 20.7 Å². The van der Waals surface area contributed by atoms with E-state index in [0.717, 1.165) is 0 Å². The molecule has 0 unspecified atom stereocenters. The third-order valence-electron chi connectivity index (χ3n) is 3.66. The monoisotopic (exact) mass is 279 g/mol. The zero-order chi connectivity index (χ0) is 14.9. The number of terminal acetylenes is 1. The summed E-state index contributed by atoms with van der Waals surface area (Å²) in [6.45, 7) is 1.30. The summed E-state index contributed by atoms with van der Waals surface area (Å²) in [7, 11) is 0. The van der Waals surface area contributed by atoms with E-state index in [2.05, 4.69) is 10.9 Å². The number of aliphatic hydroxyl groups excluding tert-OH is 2. The van der Waals surface area contributed by atoms with Crippen molar-refractivity contribution < 1.29 is 14.9 Å². The quantitative estimate of drug-likeness (QED) is 0.619. The van der Waals surface area contributed by atoms with Gasteiger partial charge in [0.05, 0.1) is 6.61 Å². The van der Waals surface area contributed by atoms with Crippen LogP contribution in [0.2, 0.25) is 0 Å². The lowest BCUT2D eigenvalue weighted by atomic mass is 9.89. The van der Waals surface area contributed by atoms with Gasteiger partial charge in [-0.2, -0.15) is 4.98 Å². The van der Waals surface area contributed by atoms with E-state index >= 15 is 0 Å². The van der Waals surface area contributed by atoms with Gasteiger partial charge in [-0.05, 0) is 12.5 Å². The Hall–Kier alpha value is -1.88. The predicted molar refractivity (Wildman–Crippen MR) is 71.5 cm³/mol. The second-order valence-electron chi connectivity index (χ2n) is 4.76. The highest BCUT2D eigenvalue weighted by molar-refractivity contribution is 5.24. The molecule has 2 rings (SSSR count). The number of aromatic nitrogens is 2. The van der Waals surface area contributed by atoms with Crippen LogP contribution in [0.15, 0.2) is 17.1 Å². The normalized spacial score (nSPS) is 33.0. The Morgan fingerprint density at radius 2 is 2.40 bits per heavy atom. The van der Waals surface area contributed by atoms with Crippen LogP contribution in [0.1, 0.15) is 19.6 Å². The Balaban J connectivity index is 2.47. The summed E-state index contributed by atoms with van der Waals surface area (Å²) in [5, 5.41) is 19.7. The van der Waals surface area contributed by atoms with Crippen LogP contribution in [-0.2, 0) is 4.74 Å². The summed E-state index contributed by atoms with van der Waals surface area (Å²) in [5.41, 5.74) is 3.34. The molecule has 4 atom stereocenters. The number of ether oxygens (including phenoxy) is 1. The zero-order valence-electron chi connectivity index (χ0n) is 11.1. The first-order valence-electron chi connectivity index (χ1n) is 6.28. The summed E-state index contributed by atoms with van der Waals surface area (Å²) < 4.78 is 6.84. The highest BCUT2D eigenvalue weighted by atomic mass is 16.6. The Morgan fingerprint density at radius 3 is 2.90 bits per heavy atom. The van der Waals surface area contributed by atoms with Gasteiger partial charge in [0.1, 0.15) is 18.1 Å². The summed E-state index contributed by atoms with van der Waals surface area (Å²) >= 11 is 0. The first kappa shape index (κ1) is 14.5. The fourth-order valence-corrected chi connectivity index (χ4v) is 2.48. The van der Waals surface area contributed by atoms with Gasteiger partial charge in [0.2, 0.25) is 0 Å². The Labute approximate surface area is 116 Å². The summed E-state index contributed by atoms with van der Waals surface area (Å²) in [4.78, 5) is 15.5. The minimum atomic E-state index is -1.51. The topological polar surface area (TPSA) is 111 Å². The van der Waals surface area contributed by atoms with Crippen molar-refractivity contribution in [2.45, 2.75) is 31.3 Å². The van der Waals surface area contributed by atoms with E-state index in [1.807, 2.05) is 6.92 Å². The van der Waals surface area contributed by atoms with Gasteiger partial charge in [-0.3, -0.25) is 4.57 Å². The lowest BCUT2D eigenvalue weighted by Gasteiger charge is -2.24. The summed E-state index contributed by atoms with van der Waals surface area (Å²) in [6, 6.07) is 1.46. The molecule has 1 saturated heterocycles. The molecule has 2 heterocycles. The molecule has 4 N–H and O–H groups in total. The van der Waals surface area contributed by atoms with Gasteiger partial charge in [-0.15, -0.1) is 6.42 Å². The maximum Gasteiger partial charge on any atom is 0.351 e. The third kappa shape index (κ3) is 2.08. The van der Waals surface area contributed by atoms with E-state index in [4.69, 9.17) is 16.9 Å². The molecular formula is C13H17N3O4. The molecule has 1 fully saturated rings. The molecule has 1 aromatic rings. The van der Waals surface area contributed by atoms with Crippen LogP contribution in [0, 0.1) is 18.3 Å². The fourth-order valence-electron chi connectivity index (χ4n) is 2.48. The van der Waals surface area contributed by atoms with Gasteiger partial charge in [0.15, 0.2) is 5.60 Å². The smallest absolute Gasteiger partial charge is 0.351 e. The first-order chi connectivity index (χ1) is 9.49. The SMILES string of the molecule is C#C[C@]1(CO)O[C@@H](n2ccc(N)nc2=O)[C@@H](CC)[C@@H]1O. The molecule has 7 nitrogen and oxygen atoms in total. The van der Waals surface area contributed by atoms with E-state index in [1.54, 1.807) is 0 Å². The van der Waals surface area contributed by atoms with Crippen LogP contribution < -0.4 is 11.4 Å². The summed E-state index contributed by atoms with van der Waals surface area (Å²) in [5.74, 6) is 1.96. The average molecular weight is 279 g/mol. The first-order valence-corrected chi connectivity index (χ1v) is 6.28. The minimum absolute atomic E-state index is 0.100. The second kappa shape index (κ2) is 5.25. The van der Waals surface area contributed by atoms with Gasteiger partial charge in [-0.25, -0.2) is 4.79 Å². The number of nitrogens with zero attached hydrogens (tertiary/aromatic N) is 2. The molecule has 108 valence electrons. The third-order valence-corrected chi connectivity index (χ3v) is 3.66. The van der Waals surface area contributed by atoms with Crippen molar-refractivity contribution in [1.29, 1.82) is 0 Å². The standard InChI is InChI=1S/C13H17N3O4/c1-3-8-10(18)13(4-2,7-17)20-11(8)16-6-5-9(14)15-12(16)19/h2,5-6,8,10-11,17-18H,3,7H2,1H3,(H2,14,15,19)/t8-,10-,11+,13+/m0/s1. The average Bonchev–Trinajstić information content (AvgIpc) is 2.71. The van der Waals surface area contributed by atoms with E-state index in [9.17, 15) is 15.0 Å². The number of rotatable bonds is 3. The number of anilines is 1. The lowest BCUT2D eigenvalue weighted by molar-refractivity contribution is -0.0920. The van der Waals surface area contributed by atoms with Crippen molar-refractivity contribution in [3.63, 3.8) is 0 Å². The van der Waals surface area contributed by atoms with Gasteiger partial charge in [-0.1, -0.05) is 12.8 Å². The van der Waals surface area contributed by atoms with Crippen LogP contribution in [0.5, 0.6) is 0 Å². The predicted octanol–water partition coefficient (Wildman–Crippen LogP) is -0.894. The van der Waals surface area contributed by atoms with E-state index < -0.39 is 36.1 Å². The molecule has 0 spiro atoms.